The Kier molecular flexibility index (Phi) is 7.09. The van der Waals surface area contributed by atoms with Crippen molar-refractivity contribution in [1.29, 1.82) is 0 Å². The first-order valence-corrected chi connectivity index (χ1v) is 6.38. The van der Waals surface area contributed by atoms with Gasteiger partial charge in [0.25, 0.3) is 0 Å². The zero-order valence-electron chi connectivity index (χ0n) is 10.9. The fourth-order valence-corrected chi connectivity index (χ4v) is 1.80. The number of rotatable bonds is 7. The van der Waals surface area contributed by atoms with E-state index < -0.39 is 0 Å². The van der Waals surface area contributed by atoms with Crippen molar-refractivity contribution in [3.8, 4) is 11.8 Å². The minimum atomic E-state index is 0.526. The van der Waals surface area contributed by atoms with E-state index in [1.807, 2.05) is 19.3 Å². The molecule has 0 saturated carbocycles. The lowest BCUT2D eigenvalue weighted by molar-refractivity contribution is 0.483. The van der Waals surface area contributed by atoms with Crippen LogP contribution in [0, 0.1) is 11.8 Å². The summed E-state index contributed by atoms with van der Waals surface area (Å²) in [6.45, 7) is 5.18. The number of nitrogens with one attached hydrogen (secondary N) is 1. The Labute approximate surface area is 105 Å². The number of nitrogens with zero attached hydrogens (tertiary/aromatic N) is 1. The van der Waals surface area contributed by atoms with Crippen LogP contribution >= 0.6 is 0 Å². The molecule has 1 aromatic rings. The Bertz CT molecular complexity index is 348. The quantitative estimate of drug-likeness (QED) is 0.729. The van der Waals surface area contributed by atoms with Crippen LogP contribution in [0.15, 0.2) is 24.5 Å². The highest BCUT2D eigenvalue weighted by molar-refractivity contribution is 5.11. The molecule has 0 aliphatic heterocycles. The van der Waals surface area contributed by atoms with E-state index in [4.69, 9.17) is 0 Å². The van der Waals surface area contributed by atoms with Crippen LogP contribution in [0.1, 0.15) is 38.7 Å². The highest BCUT2D eigenvalue weighted by Gasteiger charge is 2.07. The van der Waals surface area contributed by atoms with Gasteiger partial charge in [-0.2, -0.15) is 0 Å². The normalized spacial score (nSPS) is 11.6. The maximum absolute atomic E-state index is 4.05. The van der Waals surface area contributed by atoms with Gasteiger partial charge < -0.3 is 5.32 Å². The molecule has 0 spiro atoms. The predicted molar refractivity (Wildman–Crippen MR) is 72.7 cm³/mol. The monoisotopic (exact) mass is 230 g/mol. The average molecular weight is 230 g/mol. The van der Waals surface area contributed by atoms with Gasteiger partial charge in [-0.1, -0.05) is 6.92 Å². The van der Waals surface area contributed by atoms with Gasteiger partial charge in [-0.25, -0.2) is 0 Å². The SMILES string of the molecule is CC#CCCC(Cc1ccncc1)NCCC. The van der Waals surface area contributed by atoms with E-state index in [0.29, 0.717) is 6.04 Å². The second kappa shape index (κ2) is 8.78. The van der Waals surface area contributed by atoms with Gasteiger partial charge >= 0.3 is 0 Å². The van der Waals surface area contributed by atoms with E-state index >= 15 is 0 Å². The van der Waals surface area contributed by atoms with Crippen molar-refractivity contribution in [3.63, 3.8) is 0 Å². The van der Waals surface area contributed by atoms with Crippen LogP contribution in [0.25, 0.3) is 0 Å². The lowest BCUT2D eigenvalue weighted by Crippen LogP contribution is -2.31. The van der Waals surface area contributed by atoms with Gasteiger partial charge in [0.15, 0.2) is 0 Å². The van der Waals surface area contributed by atoms with Gasteiger partial charge in [-0.05, 0) is 50.4 Å². The molecule has 1 atom stereocenters. The molecule has 2 nitrogen and oxygen atoms in total. The zero-order chi connectivity index (χ0) is 12.3. The van der Waals surface area contributed by atoms with Gasteiger partial charge in [-0.15, -0.1) is 11.8 Å². The molecule has 1 aromatic heterocycles. The highest BCUT2D eigenvalue weighted by atomic mass is 14.9. The third kappa shape index (κ3) is 6.09. The molecule has 0 radical (unpaired) electrons. The minimum Gasteiger partial charge on any atom is -0.314 e. The lowest BCUT2D eigenvalue weighted by Gasteiger charge is -2.17. The topological polar surface area (TPSA) is 24.9 Å². The first-order chi connectivity index (χ1) is 8.36. The summed E-state index contributed by atoms with van der Waals surface area (Å²) >= 11 is 0. The summed E-state index contributed by atoms with van der Waals surface area (Å²) in [5.41, 5.74) is 1.35. The van der Waals surface area contributed by atoms with Gasteiger partial charge in [0.05, 0.1) is 0 Å². The number of hydrogen-bond acceptors (Lipinski definition) is 2. The third-order valence-electron chi connectivity index (χ3n) is 2.71. The standard InChI is InChI=1S/C15H22N2/c1-3-5-6-7-15(17-10-4-2)13-14-8-11-16-12-9-14/h8-9,11-12,15,17H,4,6-7,10,13H2,1-2H3. The molecule has 2 heteroatoms. The maximum atomic E-state index is 4.05. The third-order valence-corrected chi connectivity index (χ3v) is 2.71. The predicted octanol–water partition coefficient (Wildman–Crippen LogP) is 2.80. The fraction of sp³-hybridized carbons (Fsp3) is 0.533. The van der Waals surface area contributed by atoms with E-state index in [1.54, 1.807) is 0 Å². The van der Waals surface area contributed by atoms with Crippen LogP contribution < -0.4 is 5.32 Å². The van der Waals surface area contributed by atoms with E-state index in [0.717, 1.165) is 25.8 Å². The van der Waals surface area contributed by atoms with Gasteiger partial charge in [0.2, 0.25) is 0 Å². The Hall–Kier alpha value is -1.33. The number of hydrogen-bond donors (Lipinski definition) is 1. The van der Waals surface area contributed by atoms with Crippen LogP contribution in [0.4, 0.5) is 0 Å². The Balaban J connectivity index is 2.46. The van der Waals surface area contributed by atoms with Crippen molar-refractivity contribution in [2.24, 2.45) is 0 Å². The molecule has 0 aromatic carbocycles. The van der Waals surface area contributed by atoms with Crippen LogP contribution in [-0.2, 0) is 6.42 Å². The van der Waals surface area contributed by atoms with Crippen LogP contribution in [-0.4, -0.2) is 17.6 Å². The van der Waals surface area contributed by atoms with E-state index in [2.05, 4.69) is 41.2 Å². The smallest absolute Gasteiger partial charge is 0.0270 e. The van der Waals surface area contributed by atoms with Crippen LogP contribution in [0.3, 0.4) is 0 Å². The number of pyridine rings is 1. The molecule has 0 bridgehead atoms. The average Bonchev–Trinajstić information content (AvgIpc) is 2.37. The molecule has 0 aliphatic rings. The minimum absolute atomic E-state index is 0.526. The molecule has 1 heterocycles. The molecule has 1 unspecified atom stereocenters. The van der Waals surface area contributed by atoms with Crippen molar-refractivity contribution in [2.45, 2.75) is 45.6 Å². The summed E-state index contributed by atoms with van der Waals surface area (Å²) in [7, 11) is 0. The van der Waals surface area contributed by atoms with E-state index in [-0.39, 0.29) is 0 Å². The van der Waals surface area contributed by atoms with Crippen LogP contribution in [0.2, 0.25) is 0 Å². The molecule has 0 aliphatic carbocycles. The Morgan fingerprint density at radius 2 is 2.12 bits per heavy atom. The van der Waals surface area contributed by atoms with Crippen molar-refractivity contribution >= 4 is 0 Å². The van der Waals surface area contributed by atoms with Gasteiger partial charge in [0.1, 0.15) is 0 Å². The van der Waals surface area contributed by atoms with E-state index in [9.17, 15) is 0 Å². The molecule has 0 fully saturated rings. The number of aromatic nitrogens is 1. The van der Waals surface area contributed by atoms with Crippen molar-refractivity contribution in [3.05, 3.63) is 30.1 Å². The summed E-state index contributed by atoms with van der Waals surface area (Å²) in [6.07, 6.45) is 8.04. The zero-order valence-corrected chi connectivity index (χ0v) is 10.9. The molecule has 1 rings (SSSR count). The fourth-order valence-electron chi connectivity index (χ4n) is 1.80. The summed E-state index contributed by atoms with van der Waals surface area (Å²) in [5, 5.41) is 3.59. The van der Waals surface area contributed by atoms with E-state index in [1.165, 1.54) is 12.0 Å². The molecule has 92 valence electrons. The largest absolute Gasteiger partial charge is 0.314 e. The summed E-state index contributed by atoms with van der Waals surface area (Å²) in [4.78, 5) is 4.05. The molecule has 0 amide bonds. The second-order valence-corrected chi connectivity index (χ2v) is 4.18. The first kappa shape index (κ1) is 13.7. The molecular weight excluding hydrogens is 208 g/mol. The Morgan fingerprint density at radius 3 is 2.76 bits per heavy atom. The Morgan fingerprint density at radius 1 is 1.35 bits per heavy atom. The summed E-state index contributed by atoms with van der Waals surface area (Å²) in [6, 6.07) is 4.70. The first-order valence-electron chi connectivity index (χ1n) is 6.38. The summed E-state index contributed by atoms with van der Waals surface area (Å²) in [5.74, 6) is 6.09. The van der Waals surface area contributed by atoms with Gasteiger partial charge in [0, 0.05) is 24.9 Å². The van der Waals surface area contributed by atoms with Crippen molar-refractivity contribution < 1.29 is 0 Å². The van der Waals surface area contributed by atoms with Crippen molar-refractivity contribution in [1.82, 2.24) is 10.3 Å². The molecule has 17 heavy (non-hydrogen) atoms. The van der Waals surface area contributed by atoms with Crippen molar-refractivity contribution in [2.75, 3.05) is 6.54 Å². The summed E-state index contributed by atoms with van der Waals surface area (Å²) < 4.78 is 0. The second-order valence-electron chi connectivity index (χ2n) is 4.18. The molecule has 1 N–H and O–H groups in total. The maximum Gasteiger partial charge on any atom is 0.0270 e. The highest BCUT2D eigenvalue weighted by Crippen LogP contribution is 2.06. The molecular formula is C15H22N2. The lowest BCUT2D eigenvalue weighted by atomic mass is 10.0. The molecule has 0 saturated heterocycles. The van der Waals surface area contributed by atoms with Crippen LogP contribution in [0.5, 0.6) is 0 Å². The van der Waals surface area contributed by atoms with Gasteiger partial charge in [-0.3, -0.25) is 4.98 Å².